The van der Waals surface area contributed by atoms with Gasteiger partial charge in [-0.2, -0.15) is 0 Å². The zero-order valence-corrected chi connectivity index (χ0v) is 18.2. The number of hydrogen-bond donors (Lipinski definition) is 1. The van der Waals surface area contributed by atoms with Crippen molar-refractivity contribution in [1.29, 1.82) is 0 Å². The molecule has 0 bridgehead atoms. The Hall–Kier alpha value is -1.89. The highest BCUT2D eigenvalue weighted by Crippen LogP contribution is 2.13. The minimum Gasteiger partial charge on any atom is -0.396 e. The molecule has 1 N–H and O–H groups in total. The summed E-state index contributed by atoms with van der Waals surface area (Å²) in [6.45, 7) is 1.10. The molecule has 7 nitrogen and oxygen atoms in total. The molecule has 0 aliphatic carbocycles. The Morgan fingerprint density at radius 3 is 1.76 bits per heavy atom. The topological polar surface area (TPSA) is 82.0 Å². The van der Waals surface area contributed by atoms with Crippen LogP contribution in [0.1, 0.15) is 83.5 Å². The molecule has 2 aromatic rings. The standard InChI is InChI=1S/C22H38N4O3/c1-24-20-19(21(28)25(2)22(24)29)26(18-23-20)16-14-12-10-8-6-4-3-5-7-9-11-13-15-17-27/h18,27H,3-17H2,1-2H3. The van der Waals surface area contributed by atoms with Crippen molar-refractivity contribution in [1.82, 2.24) is 18.7 Å². The lowest BCUT2D eigenvalue weighted by atomic mass is 10.0. The van der Waals surface area contributed by atoms with E-state index in [0.717, 1.165) is 36.8 Å². The summed E-state index contributed by atoms with van der Waals surface area (Å²) in [4.78, 5) is 28.7. The van der Waals surface area contributed by atoms with Crippen molar-refractivity contribution >= 4 is 11.2 Å². The summed E-state index contributed by atoms with van der Waals surface area (Å²) in [5, 5.41) is 8.74. The van der Waals surface area contributed by atoms with Crippen molar-refractivity contribution in [2.75, 3.05) is 6.61 Å². The van der Waals surface area contributed by atoms with Crippen molar-refractivity contribution in [2.45, 2.75) is 90.0 Å². The molecule has 0 atom stereocenters. The molecule has 164 valence electrons. The highest BCUT2D eigenvalue weighted by atomic mass is 16.3. The molecule has 0 saturated carbocycles. The molecule has 0 fully saturated rings. The maximum absolute atomic E-state index is 12.4. The van der Waals surface area contributed by atoms with Gasteiger partial charge < -0.3 is 9.67 Å². The number of aromatic nitrogens is 4. The Labute approximate surface area is 173 Å². The van der Waals surface area contributed by atoms with Crippen LogP contribution in [0.5, 0.6) is 0 Å². The predicted molar refractivity (Wildman–Crippen MR) is 117 cm³/mol. The molecule has 2 aromatic heterocycles. The van der Waals surface area contributed by atoms with Gasteiger partial charge in [0.05, 0.1) is 6.33 Å². The molecule has 2 heterocycles. The van der Waals surface area contributed by atoms with Gasteiger partial charge in [0, 0.05) is 27.2 Å². The SMILES string of the molecule is Cn1c(=O)c2c(ncn2CCCCCCCCCCCCCCCO)n(C)c1=O. The third kappa shape index (κ3) is 6.84. The largest absolute Gasteiger partial charge is 0.396 e. The zero-order chi connectivity index (χ0) is 21.1. The molecule has 0 unspecified atom stereocenters. The van der Waals surface area contributed by atoms with Crippen LogP contribution in [0.2, 0.25) is 0 Å². The Morgan fingerprint density at radius 2 is 1.24 bits per heavy atom. The first-order valence-corrected chi connectivity index (χ1v) is 11.3. The zero-order valence-electron chi connectivity index (χ0n) is 18.2. The first-order valence-electron chi connectivity index (χ1n) is 11.3. The van der Waals surface area contributed by atoms with Gasteiger partial charge in [0.15, 0.2) is 11.2 Å². The summed E-state index contributed by atoms with van der Waals surface area (Å²) in [5.41, 5.74) is 0.376. The van der Waals surface area contributed by atoms with Gasteiger partial charge in [0.25, 0.3) is 5.56 Å². The normalized spacial score (nSPS) is 11.6. The van der Waals surface area contributed by atoms with Crippen LogP contribution in [0, 0.1) is 0 Å². The fourth-order valence-electron chi connectivity index (χ4n) is 3.90. The van der Waals surface area contributed by atoms with Crippen LogP contribution in [-0.4, -0.2) is 30.4 Å². The highest BCUT2D eigenvalue weighted by Gasteiger charge is 2.13. The molecule has 0 aliphatic heterocycles. The number of aliphatic hydroxyl groups excluding tert-OH is 1. The second-order valence-electron chi connectivity index (χ2n) is 8.14. The number of aliphatic hydroxyl groups is 1. The van der Waals surface area contributed by atoms with E-state index in [4.69, 9.17) is 5.11 Å². The van der Waals surface area contributed by atoms with Crippen molar-refractivity contribution in [3.8, 4) is 0 Å². The number of hydrogen-bond acceptors (Lipinski definition) is 4. The molecule has 2 rings (SSSR count). The second kappa shape index (κ2) is 12.6. The van der Waals surface area contributed by atoms with Gasteiger partial charge in [-0.3, -0.25) is 13.9 Å². The summed E-state index contributed by atoms with van der Waals surface area (Å²) in [5.74, 6) is 0. The van der Waals surface area contributed by atoms with Gasteiger partial charge in [0.2, 0.25) is 0 Å². The van der Waals surface area contributed by atoms with E-state index < -0.39 is 0 Å². The summed E-state index contributed by atoms with van der Waals surface area (Å²) < 4.78 is 4.47. The molecule has 0 spiro atoms. The summed E-state index contributed by atoms with van der Waals surface area (Å²) in [6.07, 6.45) is 17.7. The van der Waals surface area contributed by atoms with E-state index in [-0.39, 0.29) is 11.2 Å². The molecule has 0 aromatic carbocycles. The maximum Gasteiger partial charge on any atom is 0.332 e. The molecule has 0 radical (unpaired) electrons. The predicted octanol–water partition coefficient (Wildman–Crippen LogP) is 3.50. The van der Waals surface area contributed by atoms with Crippen LogP contribution in [0.3, 0.4) is 0 Å². The van der Waals surface area contributed by atoms with E-state index >= 15 is 0 Å². The number of aryl methyl sites for hydroxylation is 2. The third-order valence-electron chi connectivity index (χ3n) is 5.77. The smallest absolute Gasteiger partial charge is 0.332 e. The lowest BCUT2D eigenvalue weighted by molar-refractivity contribution is 0.282. The lowest BCUT2D eigenvalue weighted by Gasteiger charge is -2.07. The Kier molecular flexibility index (Phi) is 10.2. The third-order valence-corrected chi connectivity index (χ3v) is 5.77. The molecular formula is C22H38N4O3. The van der Waals surface area contributed by atoms with Gasteiger partial charge >= 0.3 is 5.69 Å². The van der Waals surface area contributed by atoms with Crippen LogP contribution in [0.4, 0.5) is 0 Å². The van der Waals surface area contributed by atoms with Crippen LogP contribution in [0.15, 0.2) is 15.9 Å². The minimum atomic E-state index is -0.338. The van der Waals surface area contributed by atoms with Gasteiger partial charge in [-0.15, -0.1) is 0 Å². The van der Waals surface area contributed by atoms with E-state index in [0.29, 0.717) is 17.8 Å². The first kappa shape index (κ1) is 23.4. The quantitative estimate of drug-likeness (QED) is 0.459. The molecule has 0 saturated heterocycles. The van der Waals surface area contributed by atoms with Crippen molar-refractivity contribution in [3.05, 3.63) is 27.2 Å². The Morgan fingerprint density at radius 1 is 0.759 bits per heavy atom. The second-order valence-corrected chi connectivity index (χ2v) is 8.14. The van der Waals surface area contributed by atoms with Crippen LogP contribution < -0.4 is 11.2 Å². The van der Waals surface area contributed by atoms with Crippen LogP contribution >= 0.6 is 0 Å². The average Bonchev–Trinajstić information content (AvgIpc) is 3.15. The van der Waals surface area contributed by atoms with Crippen LogP contribution in [-0.2, 0) is 20.6 Å². The van der Waals surface area contributed by atoms with E-state index in [9.17, 15) is 9.59 Å². The monoisotopic (exact) mass is 406 g/mol. The summed E-state index contributed by atoms with van der Waals surface area (Å²) in [7, 11) is 3.16. The van der Waals surface area contributed by atoms with Crippen molar-refractivity contribution in [3.63, 3.8) is 0 Å². The average molecular weight is 407 g/mol. The van der Waals surface area contributed by atoms with E-state index in [1.807, 2.05) is 4.57 Å². The number of unbranched alkanes of at least 4 members (excludes halogenated alkanes) is 12. The van der Waals surface area contributed by atoms with E-state index in [1.54, 1.807) is 13.4 Å². The molecule has 0 aliphatic rings. The lowest BCUT2D eigenvalue weighted by Crippen LogP contribution is -2.37. The molecule has 7 heteroatoms. The van der Waals surface area contributed by atoms with Gasteiger partial charge in [-0.05, 0) is 12.8 Å². The molecule has 29 heavy (non-hydrogen) atoms. The van der Waals surface area contributed by atoms with Crippen LogP contribution in [0.25, 0.3) is 11.2 Å². The molecule has 0 amide bonds. The van der Waals surface area contributed by atoms with Gasteiger partial charge in [-0.1, -0.05) is 70.6 Å². The molecular weight excluding hydrogens is 368 g/mol. The number of rotatable bonds is 15. The summed E-state index contributed by atoms with van der Waals surface area (Å²) >= 11 is 0. The van der Waals surface area contributed by atoms with E-state index in [1.165, 1.54) is 69.4 Å². The highest BCUT2D eigenvalue weighted by molar-refractivity contribution is 5.69. The summed E-state index contributed by atoms with van der Waals surface area (Å²) in [6, 6.07) is 0. The number of fused-ring (bicyclic) bond motifs is 1. The van der Waals surface area contributed by atoms with Gasteiger partial charge in [0.1, 0.15) is 0 Å². The maximum atomic E-state index is 12.4. The first-order chi connectivity index (χ1) is 14.1. The fraction of sp³-hybridized carbons (Fsp3) is 0.773. The Balaban J connectivity index is 1.58. The Bertz CT molecular complexity index is 850. The van der Waals surface area contributed by atoms with Gasteiger partial charge in [-0.25, -0.2) is 9.78 Å². The minimum absolute atomic E-state index is 0.269. The van der Waals surface area contributed by atoms with Crippen molar-refractivity contribution in [2.24, 2.45) is 14.1 Å². The number of imidazole rings is 1. The fourth-order valence-corrected chi connectivity index (χ4v) is 3.90. The van der Waals surface area contributed by atoms with Crippen molar-refractivity contribution < 1.29 is 5.11 Å². The number of nitrogens with zero attached hydrogens (tertiary/aromatic N) is 4. The van der Waals surface area contributed by atoms with E-state index in [2.05, 4.69) is 4.98 Å².